The lowest BCUT2D eigenvalue weighted by molar-refractivity contribution is -0.145. The molecule has 11 heteroatoms. The topological polar surface area (TPSA) is 143 Å². The minimum absolute atomic E-state index is 0.135. The summed E-state index contributed by atoms with van der Waals surface area (Å²) in [5.74, 6) is -0.847. The molecule has 200 valence electrons. The number of rotatable bonds is 11. The summed E-state index contributed by atoms with van der Waals surface area (Å²) in [6, 6.07) is 8.30. The highest BCUT2D eigenvalue weighted by atomic mass is 32.1. The lowest BCUT2D eigenvalue weighted by Crippen LogP contribution is -2.61. The molecule has 0 bridgehead atoms. The Hall–Kier alpha value is -3.44. The average molecular weight is 530 g/mol. The second kappa shape index (κ2) is 13.2. The van der Waals surface area contributed by atoms with Crippen LogP contribution in [0.2, 0.25) is 0 Å². The molecule has 3 rings (SSSR count). The SMILES string of the molecule is CN[C@@H](C)C(=O)N1CC[C@H](NC(=O)Cc2cccs2)C[C@H]1C(=O)N[C@@H](Cc1ccc(OC)cc1)C(N)=O. The van der Waals surface area contributed by atoms with Gasteiger partial charge in [-0.1, -0.05) is 18.2 Å². The minimum atomic E-state index is -0.964. The number of hydrogen-bond acceptors (Lipinski definition) is 7. The van der Waals surface area contributed by atoms with Crippen molar-refractivity contribution in [3.63, 3.8) is 0 Å². The number of nitrogens with two attached hydrogens (primary N) is 1. The number of nitrogens with one attached hydrogen (secondary N) is 3. The van der Waals surface area contributed by atoms with Crippen LogP contribution in [0, 0.1) is 0 Å². The molecule has 10 nitrogen and oxygen atoms in total. The molecule has 37 heavy (non-hydrogen) atoms. The van der Waals surface area contributed by atoms with Crippen LogP contribution in [0.5, 0.6) is 5.75 Å². The number of piperidine rings is 1. The van der Waals surface area contributed by atoms with Crippen molar-refractivity contribution in [2.24, 2.45) is 5.73 Å². The molecule has 1 aromatic carbocycles. The van der Waals surface area contributed by atoms with Gasteiger partial charge >= 0.3 is 0 Å². The van der Waals surface area contributed by atoms with Crippen LogP contribution in [0.25, 0.3) is 0 Å². The molecule has 1 saturated heterocycles. The Kier molecular flexibility index (Phi) is 10.0. The summed E-state index contributed by atoms with van der Waals surface area (Å²) in [4.78, 5) is 53.8. The van der Waals surface area contributed by atoms with E-state index < -0.39 is 29.9 Å². The van der Waals surface area contributed by atoms with Crippen LogP contribution >= 0.6 is 11.3 Å². The fourth-order valence-electron chi connectivity index (χ4n) is 4.32. The van der Waals surface area contributed by atoms with Crippen LogP contribution < -0.4 is 26.4 Å². The molecule has 0 saturated carbocycles. The zero-order chi connectivity index (χ0) is 26.9. The standard InChI is InChI=1S/C26H35N5O5S/c1-16(28-2)26(35)31-11-10-18(29-23(32)15-20-5-4-12-37-20)14-22(31)25(34)30-21(24(27)33)13-17-6-8-19(36-3)9-7-17/h4-9,12,16,18,21-22,28H,10-11,13-15H2,1-3H3,(H2,27,33)(H,29,32)(H,30,34)/t16-,18-,21-,22-/m0/s1. The number of likely N-dealkylation sites (tertiary alicyclic amines) is 1. The zero-order valence-electron chi connectivity index (χ0n) is 21.4. The van der Waals surface area contributed by atoms with E-state index in [-0.39, 0.29) is 37.1 Å². The van der Waals surface area contributed by atoms with Crippen LogP contribution in [0.15, 0.2) is 41.8 Å². The van der Waals surface area contributed by atoms with Crippen molar-refractivity contribution in [1.29, 1.82) is 0 Å². The van der Waals surface area contributed by atoms with Gasteiger partial charge in [0, 0.05) is 23.9 Å². The number of hydrogen-bond donors (Lipinski definition) is 4. The Labute approximate surface area is 220 Å². The van der Waals surface area contributed by atoms with Crippen molar-refractivity contribution in [1.82, 2.24) is 20.9 Å². The van der Waals surface area contributed by atoms with Gasteiger partial charge < -0.3 is 31.3 Å². The molecular formula is C26H35N5O5S. The third-order valence-electron chi connectivity index (χ3n) is 6.53. The highest BCUT2D eigenvalue weighted by Crippen LogP contribution is 2.21. The predicted molar refractivity (Wildman–Crippen MR) is 141 cm³/mol. The molecule has 1 aliphatic rings. The maximum absolute atomic E-state index is 13.5. The number of ether oxygens (including phenoxy) is 1. The molecule has 0 aliphatic carbocycles. The van der Waals surface area contributed by atoms with Crippen LogP contribution in [-0.4, -0.2) is 73.4 Å². The number of thiophene rings is 1. The monoisotopic (exact) mass is 529 g/mol. The van der Waals surface area contributed by atoms with E-state index in [0.717, 1.165) is 10.4 Å². The van der Waals surface area contributed by atoms with Crippen molar-refractivity contribution >= 4 is 35.0 Å². The second-order valence-corrected chi connectivity index (χ2v) is 10.2. The molecule has 1 aromatic heterocycles. The molecule has 4 atom stereocenters. The Morgan fingerprint density at radius 3 is 2.51 bits per heavy atom. The summed E-state index contributed by atoms with van der Waals surface area (Å²) < 4.78 is 5.16. The number of likely N-dealkylation sites (N-methyl/N-ethyl adjacent to an activating group) is 1. The summed E-state index contributed by atoms with van der Waals surface area (Å²) in [7, 11) is 3.23. The first-order chi connectivity index (χ1) is 17.7. The highest BCUT2D eigenvalue weighted by molar-refractivity contribution is 7.10. The zero-order valence-corrected chi connectivity index (χ0v) is 22.2. The fourth-order valence-corrected chi connectivity index (χ4v) is 5.02. The summed E-state index contributed by atoms with van der Waals surface area (Å²) >= 11 is 1.51. The quantitative estimate of drug-likeness (QED) is 0.336. The van der Waals surface area contributed by atoms with Gasteiger partial charge in [-0.25, -0.2) is 0 Å². The van der Waals surface area contributed by atoms with Gasteiger partial charge in [0.05, 0.1) is 19.6 Å². The molecule has 2 heterocycles. The van der Waals surface area contributed by atoms with Gasteiger partial charge in [-0.3, -0.25) is 19.2 Å². The molecule has 4 amide bonds. The van der Waals surface area contributed by atoms with Gasteiger partial charge in [-0.05, 0) is 56.0 Å². The highest BCUT2D eigenvalue weighted by Gasteiger charge is 2.39. The lowest BCUT2D eigenvalue weighted by Gasteiger charge is -2.40. The van der Waals surface area contributed by atoms with Gasteiger partial charge in [-0.2, -0.15) is 0 Å². The minimum Gasteiger partial charge on any atom is -0.497 e. The van der Waals surface area contributed by atoms with E-state index in [0.29, 0.717) is 18.7 Å². The normalized spacial score (nSPS) is 18.9. The Morgan fingerprint density at radius 1 is 1.19 bits per heavy atom. The van der Waals surface area contributed by atoms with E-state index in [4.69, 9.17) is 10.5 Å². The predicted octanol–water partition coefficient (Wildman–Crippen LogP) is 0.596. The number of carbonyl (C=O) groups is 4. The Bertz CT molecular complexity index is 1080. The number of amides is 4. The van der Waals surface area contributed by atoms with E-state index in [1.165, 1.54) is 16.2 Å². The van der Waals surface area contributed by atoms with E-state index in [1.807, 2.05) is 17.5 Å². The van der Waals surface area contributed by atoms with Crippen molar-refractivity contribution in [2.75, 3.05) is 20.7 Å². The number of methoxy groups -OCH3 is 1. The summed E-state index contributed by atoms with van der Waals surface area (Å²) in [5.41, 5.74) is 6.41. The van der Waals surface area contributed by atoms with E-state index in [1.54, 1.807) is 45.3 Å². The van der Waals surface area contributed by atoms with Crippen molar-refractivity contribution in [3.8, 4) is 5.75 Å². The van der Waals surface area contributed by atoms with Gasteiger partial charge in [-0.15, -0.1) is 11.3 Å². The number of nitrogens with zero attached hydrogens (tertiary/aromatic N) is 1. The first-order valence-electron chi connectivity index (χ1n) is 12.2. The Balaban J connectivity index is 1.72. The van der Waals surface area contributed by atoms with Gasteiger partial charge in [0.1, 0.15) is 17.8 Å². The Morgan fingerprint density at radius 2 is 1.92 bits per heavy atom. The molecule has 0 radical (unpaired) electrons. The lowest BCUT2D eigenvalue weighted by atomic mass is 9.94. The maximum atomic E-state index is 13.5. The van der Waals surface area contributed by atoms with E-state index in [9.17, 15) is 19.2 Å². The van der Waals surface area contributed by atoms with Crippen molar-refractivity contribution in [3.05, 3.63) is 52.2 Å². The van der Waals surface area contributed by atoms with Gasteiger partial charge in [0.25, 0.3) is 0 Å². The summed E-state index contributed by atoms with van der Waals surface area (Å²) in [6.45, 7) is 2.02. The first kappa shape index (κ1) is 28.1. The van der Waals surface area contributed by atoms with Crippen molar-refractivity contribution < 1.29 is 23.9 Å². The molecular weight excluding hydrogens is 494 g/mol. The smallest absolute Gasteiger partial charge is 0.243 e. The van der Waals surface area contributed by atoms with E-state index in [2.05, 4.69) is 16.0 Å². The van der Waals surface area contributed by atoms with Crippen LogP contribution in [0.4, 0.5) is 0 Å². The number of benzene rings is 1. The second-order valence-electron chi connectivity index (χ2n) is 9.12. The maximum Gasteiger partial charge on any atom is 0.243 e. The van der Waals surface area contributed by atoms with E-state index >= 15 is 0 Å². The van der Waals surface area contributed by atoms with Crippen LogP contribution in [0.3, 0.4) is 0 Å². The molecule has 5 N–H and O–H groups in total. The van der Waals surface area contributed by atoms with Crippen LogP contribution in [0.1, 0.15) is 30.2 Å². The number of primary amides is 1. The fraction of sp³-hybridized carbons (Fsp3) is 0.462. The first-order valence-corrected chi connectivity index (χ1v) is 13.1. The molecule has 1 aliphatic heterocycles. The largest absolute Gasteiger partial charge is 0.497 e. The van der Waals surface area contributed by atoms with Crippen LogP contribution in [-0.2, 0) is 32.0 Å². The third-order valence-corrected chi connectivity index (χ3v) is 7.41. The molecule has 1 fully saturated rings. The summed E-state index contributed by atoms with van der Waals surface area (Å²) in [6.07, 6.45) is 1.21. The van der Waals surface area contributed by atoms with Crippen molar-refractivity contribution in [2.45, 2.75) is 56.8 Å². The average Bonchev–Trinajstić information content (AvgIpc) is 3.40. The third kappa shape index (κ3) is 7.77. The molecule has 0 spiro atoms. The molecule has 2 aromatic rings. The number of carbonyl (C=O) groups excluding carboxylic acids is 4. The summed E-state index contributed by atoms with van der Waals surface area (Å²) in [5, 5.41) is 10.6. The van der Waals surface area contributed by atoms with Gasteiger partial charge in [0.15, 0.2) is 0 Å². The molecule has 0 unspecified atom stereocenters. The van der Waals surface area contributed by atoms with Gasteiger partial charge in [0.2, 0.25) is 23.6 Å².